The van der Waals surface area contributed by atoms with E-state index in [1.165, 1.54) is 22.2 Å². The van der Waals surface area contributed by atoms with Crippen LogP contribution in [0.5, 0.6) is 5.75 Å². The third kappa shape index (κ3) is 3.92. The maximum absolute atomic E-state index is 12.2. The topological polar surface area (TPSA) is 66.1 Å². The molecule has 1 aliphatic carbocycles. The molecule has 1 unspecified atom stereocenters. The van der Waals surface area contributed by atoms with E-state index in [1.807, 2.05) is 30.3 Å². The summed E-state index contributed by atoms with van der Waals surface area (Å²) in [5.41, 5.74) is 4.94. The Hall–Kier alpha value is -2.95. The van der Waals surface area contributed by atoms with Crippen molar-refractivity contribution >= 4 is 16.9 Å². The molecule has 2 aromatic carbocycles. The lowest BCUT2D eigenvalue weighted by Crippen LogP contribution is -2.43. The number of fused-ring (bicyclic) bond motifs is 3. The van der Waals surface area contributed by atoms with Gasteiger partial charge in [-0.3, -0.25) is 0 Å². The van der Waals surface area contributed by atoms with Crippen molar-refractivity contribution in [2.24, 2.45) is 0 Å². The van der Waals surface area contributed by atoms with E-state index in [0.29, 0.717) is 6.54 Å². The van der Waals surface area contributed by atoms with Crippen LogP contribution in [0.3, 0.4) is 0 Å². The Labute approximate surface area is 159 Å². The highest BCUT2D eigenvalue weighted by Crippen LogP contribution is 2.32. The van der Waals surface area contributed by atoms with Crippen molar-refractivity contribution in [3.63, 3.8) is 0 Å². The third-order valence-corrected chi connectivity index (χ3v) is 5.21. The molecule has 1 heterocycles. The highest BCUT2D eigenvalue weighted by atomic mass is 16.5. The number of ether oxygens (including phenoxy) is 1. The largest absolute Gasteiger partial charge is 0.497 e. The molecule has 1 aliphatic rings. The van der Waals surface area contributed by atoms with Gasteiger partial charge in [0.05, 0.1) is 7.11 Å². The fourth-order valence-corrected chi connectivity index (χ4v) is 3.86. The van der Waals surface area contributed by atoms with Crippen LogP contribution in [0.4, 0.5) is 4.79 Å². The number of nitrogens with one attached hydrogen (secondary N) is 3. The molecule has 4 rings (SSSR count). The molecule has 3 aromatic rings. The first-order valence-corrected chi connectivity index (χ1v) is 9.48. The van der Waals surface area contributed by atoms with Gasteiger partial charge in [0.1, 0.15) is 5.75 Å². The van der Waals surface area contributed by atoms with Crippen molar-refractivity contribution in [1.82, 2.24) is 15.6 Å². The lowest BCUT2D eigenvalue weighted by molar-refractivity contribution is 0.237. The Bertz CT molecular complexity index is 933. The first-order valence-electron chi connectivity index (χ1n) is 9.48. The van der Waals surface area contributed by atoms with Gasteiger partial charge in [-0.05, 0) is 48.6 Å². The number of hydrogen-bond acceptors (Lipinski definition) is 2. The summed E-state index contributed by atoms with van der Waals surface area (Å²) in [5, 5.41) is 7.27. The number of methoxy groups -OCH3 is 1. The van der Waals surface area contributed by atoms with Crippen molar-refractivity contribution in [3.05, 3.63) is 65.4 Å². The van der Waals surface area contributed by atoms with Gasteiger partial charge in [-0.1, -0.05) is 30.3 Å². The maximum atomic E-state index is 12.2. The maximum Gasteiger partial charge on any atom is 0.315 e. The quantitative estimate of drug-likeness (QED) is 0.586. The summed E-state index contributed by atoms with van der Waals surface area (Å²) in [5.74, 6) is 0.858. The number of hydrogen-bond donors (Lipinski definition) is 3. The minimum Gasteiger partial charge on any atom is -0.497 e. The van der Waals surface area contributed by atoms with Crippen molar-refractivity contribution in [1.29, 1.82) is 0 Å². The zero-order valence-electron chi connectivity index (χ0n) is 15.5. The number of amides is 2. The van der Waals surface area contributed by atoms with E-state index in [2.05, 4.69) is 33.8 Å². The van der Waals surface area contributed by atoms with Crippen LogP contribution < -0.4 is 15.4 Å². The summed E-state index contributed by atoms with van der Waals surface area (Å²) in [7, 11) is 1.68. The Kier molecular flexibility index (Phi) is 5.01. The van der Waals surface area contributed by atoms with E-state index >= 15 is 0 Å². The standard InChI is InChI=1S/C22H25N3O2/c1-27-17-9-10-20-19(14-17)18-12-16(13-21(18)25-20)24-22(26)23-11-5-8-15-6-3-2-4-7-15/h2-4,6-7,9-10,14,16,25H,5,8,11-13H2,1H3,(H2,23,24,26). The molecule has 0 fully saturated rings. The number of H-pyrrole nitrogens is 1. The molecule has 0 aliphatic heterocycles. The van der Waals surface area contributed by atoms with Crippen molar-refractivity contribution in [2.45, 2.75) is 31.7 Å². The van der Waals surface area contributed by atoms with Crippen LogP contribution in [-0.2, 0) is 19.3 Å². The number of rotatable bonds is 6. The number of aromatic amines is 1. The monoisotopic (exact) mass is 363 g/mol. The second kappa shape index (κ2) is 7.74. The molecule has 5 nitrogen and oxygen atoms in total. The minimum absolute atomic E-state index is 0.0832. The highest BCUT2D eigenvalue weighted by molar-refractivity contribution is 5.87. The Balaban J connectivity index is 1.27. The number of aromatic nitrogens is 1. The molecular formula is C22H25N3O2. The van der Waals surface area contributed by atoms with Gasteiger partial charge in [0, 0.05) is 35.6 Å². The van der Waals surface area contributed by atoms with E-state index in [1.54, 1.807) is 7.11 Å². The van der Waals surface area contributed by atoms with E-state index in [0.717, 1.165) is 36.9 Å². The average Bonchev–Trinajstić information content (AvgIpc) is 3.22. The van der Waals surface area contributed by atoms with Crippen molar-refractivity contribution < 1.29 is 9.53 Å². The predicted molar refractivity (Wildman–Crippen MR) is 107 cm³/mol. The summed E-state index contributed by atoms with van der Waals surface area (Å²) in [6, 6.07) is 16.5. The predicted octanol–water partition coefficient (Wildman–Crippen LogP) is 3.58. The normalized spacial score (nSPS) is 15.5. The molecule has 5 heteroatoms. The van der Waals surface area contributed by atoms with Crippen LogP contribution in [0.1, 0.15) is 23.2 Å². The lowest BCUT2D eigenvalue weighted by atomic mass is 10.1. The van der Waals surface area contributed by atoms with E-state index in [4.69, 9.17) is 4.74 Å². The number of aryl methyl sites for hydroxylation is 1. The number of urea groups is 1. The average molecular weight is 363 g/mol. The molecule has 1 atom stereocenters. The smallest absolute Gasteiger partial charge is 0.315 e. The van der Waals surface area contributed by atoms with Gasteiger partial charge < -0.3 is 20.4 Å². The number of carbonyl (C=O) groups is 1. The summed E-state index contributed by atoms with van der Waals surface area (Å²) >= 11 is 0. The van der Waals surface area contributed by atoms with Crippen molar-refractivity contribution in [2.75, 3.05) is 13.7 Å². The van der Waals surface area contributed by atoms with Gasteiger partial charge >= 0.3 is 6.03 Å². The Morgan fingerprint density at radius 3 is 2.85 bits per heavy atom. The molecule has 3 N–H and O–H groups in total. The molecule has 0 bridgehead atoms. The summed E-state index contributed by atoms with van der Waals surface area (Å²) in [4.78, 5) is 15.7. The van der Waals surface area contributed by atoms with Crippen molar-refractivity contribution in [3.8, 4) is 5.75 Å². The van der Waals surface area contributed by atoms with Gasteiger partial charge in [0.15, 0.2) is 0 Å². The minimum atomic E-state index is -0.0832. The van der Waals surface area contributed by atoms with E-state index < -0.39 is 0 Å². The molecule has 2 amide bonds. The van der Waals surface area contributed by atoms with Crippen LogP contribution >= 0.6 is 0 Å². The van der Waals surface area contributed by atoms with Crippen LogP contribution in [0.15, 0.2) is 48.5 Å². The summed E-state index contributed by atoms with van der Waals surface area (Å²) in [6.07, 6.45) is 3.60. The van der Waals surface area contributed by atoms with Crippen LogP contribution in [-0.4, -0.2) is 30.7 Å². The summed E-state index contributed by atoms with van der Waals surface area (Å²) in [6.45, 7) is 0.679. The van der Waals surface area contributed by atoms with Crippen LogP contribution in [0.2, 0.25) is 0 Å². The fraction of sp³-hybridized carbons (Fsp3) is 0.318. The van der Waals surface area contributed by atoms with E-state index in [-0.39, 0.29) is 12.1 Å². The fourth-order valence-electron chi connectivity index (χ4n) is 3.86. The van der Waals surface area contributed by atoms with Gasteiger partial charge in [-0.2, -0.15) is 0 Å². The molecule has 0 saturated heterocycles. The lowest BCUT2D eigenvalue weighted by Gasteiger charge is -2.13. The van der Waals surface area contributed by atoms with Gasteiger partial charge in [0.25, 0.3) is 0 Å². The second-order valence-electron chi connectivity index (χ2n) is 7.09. The molecule has 140 valence electrons. The molecule has 27 heavy (non-hydrogen) atoms. The molecular weight excluding hydrogens is 338 g/mol. The Morgan fingerprint density at radius 2 is 2.04 bits per heavy atom. The van der Waals surface area contributed by atoms with Gasteiger partial charge in [0.2, 0.25) is 0 Å². The summed E-state index contributed by atoms with van der Waals surface area (Å²) < 4.78 is 5.34. The molecule has 1 aromatic heterocycles. The Morgan fingerprint density at radius 1 is 1.19 bits per heavy atom. The third-order valence-electron chi connectivity index (χ3n) is 5.21. The second-order valence-corrected chi connectivity index (χ2v) is 7.09. The van der Waals surface area contributed by atoms with Gasteiger partial charge in [-0.15, -0.1) is 0 Å². The zero-order valence-corrected chi connectivity index (χ0v) is 15.5. The highest BCUT2D eigenvalue weighted by Gasteiger charge is 2.26. The molecule has 0 saturated carbocycles. The first-order chi connectivity index (χ1) is 13.2. The number of carbonyl (C=O) groups excluding carboxylic acids is 1. The molecule has 0 spiro atoms. The van der Waals surface area contributed by atoms with E-state index in [9.17, 15) is 4.79 Å². The van der Waals surface area contributed by atoms with Crippen LogP contribution in [0, 0.1) is 0 Å². The van der Waals surface area contributed by atoms with Crippen LogP contribution in [0.25, 0.3) is 10.9 Å². The molecule has 0 radical (unpaired) electrons. The van der Waals surface area contributed by atoms with Gasteiger partial charge in [-0.25, -0.2) is 4.79 Å². The number of benzene rings is 2. The zero-order chi connectivity index (χ0) is 18.6. The SMILES string of the molecule is COc1ccc2[nH]c3c(c2c1)CC(NC(=O)NCCCc1ccccc1)C3. The first kappa shape index (κ1) is 17.5.